The molecule has 0 saturated carbocycles. The zero-order valence-electron chi connectivity index (χ0n) is 10.3. The lowest BCUT2D eigenvalue weighted by Crippen LogP contribution is -2.08. The van der Waals surface area contributed by atoms with Gasteiger partial charge in [-0.05, 0) is 18.2 Å². The van der Waals surface area contributed by atoms with E-state index in [9.17, 15) is 17.6 Å². The summed E-state index contributed by atoms with van der Waals surface area (Å²) in [6.45, 7) is 3.95. The van der Waals surface area contributed by atoms with E-state index in [-0.39, 0.29) is 11.6 Å². The molecule has 0 aliphatic heterocycles. The van der Waals surface area contributed by atoms with E-state index >= 15 is 0 Å². The van der Waals surface area contributed by atoms with Gasteiger partial charge in [0.1, 0.15) is 5.82 Å². The van der Waals surface area contributed by atoms with E-state index < -0.39 is 17.6 Å². The predicted molar refractivity (Wildman–Crippen MR) is 67.1 cm³/mol. The van der Waals surface area contributed by atoms with Gasteiger partial charge >= 0.3 is 6.18 Å². The van der Waals surface area contributed by atoms with Crippen molar-refractivity contribution in [3.8, 4) is 0 Å². The highest BCUT2D eigenvalue weighted by Gasteiger charge is 2.31. The number of allylic oxidation sites excluding steroid dienone is 1. The Hall–Kier alpha value is -2.31. The van der Waals surface area contributed by atoms with Gasteiger partial charge in [0.05, 0.1) is 11.3 Å². The molecule has 7 heteroatoms. The van der Waals surface area contributed by atoms with Crippen LogP contribution in [0.5, 0.6) is 0 Å². The Bertz CT molecular complexity index is 616. The van der Waals surface area contributed by atoms with Crippen LogP contribution < -0.4 is 5.32 Å². The fraction of sp³-hybridized carbons (Fsp3) is 0.154. The predicted octanol–water partition coefficient (Wildman–Crippen LogP) is 3.97. The molecule has 0 unspecified atom stereocenters. The van der Waals surface area contributed by atoms with E-state index in [4.69, 9.17) is 0 Å². The number of halogens is 4. The Morgan fingerprint density at radius 1 is 1.35 bits per heavy atom. The molecule has 0 fully saturated rings. The van der Waals surface area contributed by atoms with Crippen LogP contribution in [0, 0.1) is 5.82 Å². The molecular weight excluding hydrogens is 274 g/mol. The molecule has 2 aromatic rings. The van der Waals surface area contributed by atoms with E-state index in [0.29, 0.717) is 18.7 Å². The Morgan fingerprint density at radius 2 is 2.10 bits per heavy atom. The fourth-order valence-corrected chi connectivity index (χ4v) is 1.64. The normalized spacial score (nSPS) is 11.4. The lowest BCUT2D eigenvalue weighted by Gasteiger charge is -2.12. The molecular formula is C13H11F4N3. The Morgan fingerprint density at radius 3 is 2.75 bits per heavy atom. The van der Waals surface area contributed by atoms with Crippen molar-refractivity contribution in [3.63, 3.8) is 0 Å². The van der Waals surface area contributed by atoms with Gasteiger partial charge in [-0.25, -0.2) is 9.37 Å². The molecule has 106 valence electrons. The van der Waals surface area contributed by atoms with Crippen molar-refractivity contribution in [1.82, 2.24) is 9.55 Å². The maximum Gasteiger partial charge on any atom is 0.416 e. The first-order chi connectivity index (χ1) is 9.41. The van der Waals surface area contributed by atoms with Crippen LogP contribution in [0.3, 0.4) is 0 Å². The third kappa shape index (κ3) is 2.98. The topological polar surface area (TPSA) is 29.9 Å². The minimum Gasteiger partial charge on any atom is -0.323 e. The summed E-state index contributed by atoms with van der Waals surface area (Å²) < 4.78 is 53.0. The Kier molecular flexibility index (Phi) is 3.78. The highest BCUT2D eigenvalue weighted by Crippen LogP contribution is 2.32. The van der Waals surface area contributed by atoms with Crippen molar-refractivity contribution >= 4 is 11.6 Å². The van der Waals surface area contributed by atoms with E-state index in [1.54, 1.807) is 16.8 Å². The summed E-state index contributed by atoms with van der Waals surface area (Å²) in [7, 11) is 0. The Labute approximate surface area is 112 Å². The highest BCUT2D eigenvalue weighted by molar-refractivity contribution is 5.56. The standard InChI is InChI=1S/C13H11F4N3/c1-2-6-20-7-5-18-12(20)19-11-8-9(13(15,16)17)3-4-10(11)14/h2-5,7-8H,1,6H2,(H,18,19). The first-order valence-corrected chi connectivity index (χ1v) is 5.67. The lowest BCUT2D eigenvalue weighted by molar-refractivity contribution is -0.137. The van der Waals surface area contributed by atoms with E-state index in [2.05, 4.69) is 16.9 Å². The quantitative estimate of drug-likeness (QED) is 0.680. The van der Waals surface area contributed by atoms with Gasteiger partial charge in [0.25, 0.3) is 0 Å². The number of imidazole rings is 1. The van der Waals surface area contributed by atoms with Gasteiger partial charge in [0.15, 0.2) is 0 Å². The van der Waals surface area contributed by atoms with Crippen LogP contribution in [-0.4, -0.2) is 9.55 Å². The second-order valence-corrected chi connectivity index (χ2v) is 4.01. The van der Waals surface area contributed by atoms with Crippen LogP contribution >= 0.6 is 0 Å². The minimum atomic E-state index is -4.53. The molecule has 1 aromatic carbocycles. The van der Waals surface area contributed by atoms with Crippen molar-refractivity contribution in [3.05, 3.63) is 54.6 Å². The highest BCUT2D eigenvalue weighted by atomic mass is 19.4. The van der Waals surface area contributed by atoms with Crippen LogP contribution in [0.2, 0.25) is 0 Å². The summed E-state index contributed by atoms with van der Waals surface area (Å²) in [5.74, 6) is -0.547. The number of nitrogens with zero attached hydrogens (tertiary/aromatic N) is 2. The van der Waals surface area contributed by atoms with E-state index in [0.717, 1.165) is 6.07 Å². The molecule has 0 radical (unpaired) electrons. The van der Waals surface area contributed by atoms with Crippen LogP contribution in [0.4, 0.5) is 29.2 Å². The second kappa shape index (κ2) is 5.36. The van der Waals surface area contributed by atoms with Crippen LogP contribution in [0.25, 0.3) is 0 Å². The van der Waals surface area contributed by atoms with Crippen molar-refractivity contribution in [2.24, 2.45) is 0 Å². The number of anilines is 2. The summed E-state index contributed by atoms with van der Waals surface area (Å²) >= 11 is 0. The third-order valence-electron chi connectivity index (χ3n) is 2.58. The molecule has 0 aliphatic carbocycles. The number of aromatic nitrogens is 2. The van der Waals surface area contributed by atoms with Gasteiger partial charge in [-0.3, -0.25) is 0 Å². The summed E-state index contributed by atoms with van der Waals surface area (Å²) in [6.07, 6.45) is 0.128. The van der Waals surface area contributed by atoms with Crippen LogP contribution in [-0.2, 0) is 12.7 Å². The van der Waals surface area contributed by atoms with Gasteiger partial charge in [0.2, 0.25) is 5.95 Å². The first kappa shape index (κ1) is 14.1. The molecule has 0 aliphatic rings. The maximum absolute atomic E-state index is 13.6. The first-order valence-electron chi connectivity index (χ1n) is 5.67. The zero-order valence-corrected chi connectivity index (χ0v) is 10.3. The Balaban J connectivity index is 2.33. The summed E-state index contributed by atoms with van der Waals surface area (Å²) in [4.78, 5) is 3.92. The molecule has 0 atom stereocenters. The van der Waals surface area contributed by atoms with Crippen molar-refractivity contribution in [2.45, 2.75) is 12.7 Å². The van der Waals surface area contributed by atoms with E-state index in [1.165, 1.54) is 6.20 Å². The molecule has 0 saturated heterocycles. The number of rotatable bonds is 4. The largest absolute Gasteiger partial charge is 0.416 e. The second-order valence-electron chi connectivity index (χ2n) is 4.01. The third-order valence-corrected chi connectivity index (χ3v) is 2.58. The smallest absolute Gasteiger partial charge is 0.323 e. The molecule has 0 bridgehead atoms. The fourth-order valence-electron chi connectivity index (χ4n) is 1.64. The van der Waals surface area contributed by atoms with Crippen LogP contribution in [0.15, 0.2) is 43.2 Å². The SMILES string of the molecule is C=CCn1ccnc1Nc1cc(C(F)(F)F)ccc1F. The molecule has 3 nitrogen and oxygen atoms in total. The lowest BCUT2D eigenvalue weighted by atomic mass is 10.2. The average Bonchev–Trinajstić information content (AvgIpc) is 2.79. The molecule has 2 rings (SSSR count). The molecule has 1 heterocycles. The molecule has 20 heavy (non-hydrogen) atoms. The maximum atomic E-state index is 13.6. The minimum absolute atomic E-state index is 0.239. The number of alkyl halides is 3. The summed E-state index contributed by atoms with van der Waals surface area (Å²) in [5.41, 5.74) is -1.21. The summed E-state index contributed by atoms with van der Waals surface area (Å²) in [5, 5.41) is 2.55. The van der Waals surface area contributed by atoms with Gasteiger partial charge in [0, 0.05) is 18.9 Å². The van der Waals surface area contributed by atoms with E-state index in [1.807, 2.05) is 0 Å². The molecule has 0 spiro atoms. The van der Waals surface area contributed by atoms with Crippen LogP contribution in [0.1, 0.15) is 5.56 Å². The van der Waals surface area contributed by atoms with Crippen molar-refractivity contribution in [1.29, 1.82) is 0 Å². The summed E-state index contributed by atoms with van der Waals surface area (Å²) in [6, 6.07) is 2.17. The number of benzene rings is 1. The van der Waals surface area contributed by atoms with Crippen molar-refractivity contribution in [2.75, 3.05) is 5.32 Å². The molecule has 1 aromatic heterocycles. The van der Waals surface area contributed by atoms with Crippen molar-refractivity contribution < 1.29 is 17.6 Å². The van der Waals surface area contributed by atoms with Gasteiger partial charge in [-0.2, -0.15) is 13.2 Å². The average molecular weight is 285 g/mol. The zero-order chi connectivity index (χ0) is 14.8. The number of nitrogens with one attached hydrogen (secondary N) is 1. The van der Waals surface area contributed by atoms with Gasteiger partial charge in [-0.1, -0.05) is 6.08 Å². The number of hydrogen-bond acceptors (Lipinski definition) is 2. The monoisotopic (exact) mass is 285 g/mol. The number of hydrogen-bond donors (Lipinski definition) is 1. The van der Waals surface area contributed by atoms with Gasteiger partial charge < -0.3 is 9.88 Å². The molecule has 1 N–H and O–H groups in total. The van der Waals surface area contributed by atoms with Gasteiger partial charge in [-0.15, -0.1) is 6.58 Å². The molecule has 0 amide bonds.